The van der Waals surface area contributed by atoms with Gasteiger partial charge in [-0.15, -0.1) is 0 Å². The van der Waals surface area contributed by atoms with Crippen molar-refractivity contribution in [1.29, 1.82) is 0 Å². The number of imidazole rings is 1. The first kappa shape index (κ1) is 28.7. The van der Waals surface area contributed by atoms with Gasteiger partial charge in [0.05, 0.1) is 17.2 Å². The Morgan fingerprint density at radius 1 is 0.773 bits per heavy atom. The van der Waals surface area contributed by atoms with Crippen LogP contribution >= 0.6 is 11.6 Å². The number of rotatable bonds is 11. The molecule has 0 saturated carbocycles. The lowest BCUT2D eigenvalue weighted by Crippen LogP contribution is -2.23. The molecule has 0 unspecified atom stereocenters. The summed E-state index contributed by atoms with van der Waals surface area (Å²) >= 11 is 6.09. The van der Waals surface area contributed by atoms with Crippen molar-refractivity contribution < 1.29 is 14.3 Å². The number of amides is 1. The first-order valence-electron chi connectivity index (χ1n) is 14.1. The van der Waals surface area contributed by atoms with Gasteiger partial charge in [-0.05, 0) is 71.3 Å². The Balaban J connectivity index is 1.17. The molecule has 0 aliphatic heterocycles. The van der Waals surface area contributed by atoms with Crippen molar-refractivity contribution in [3.8, 4) is 22.9 Å². The van der Waals surface area contributed by atoms with Crippen LogP contribution in [-0.4, -0.2) is 21.7 Å². The summed E-state index contributed by atoms with van der Waals surface area (Å²) in [5.41, 5.74) is 8.00. The number of hydrazone groups is 1. The van der Waals surface area contributed by atoms with Gasteiger partial charge < -0.3 is 14.0 Å². The number of nitrogens with zero attached hydrogens (tertiary/aromatic N) is 3. The van der Waals surface area contributed by atoms with Crippen molar-refractivity contribution in [2.24, 2.45) is 5.10 Å². The molecule has 218 valence electrons. The van der Waals surface area contributed by atoms with Crippen molar-refractivity contribution >= 4 is 34.8 Å². The predicted octanol–water partition coefficient (Wildman–Crippen LogP) is 7.67. The molecular weight excluding hydrogens is 572 g/mol. The van der Waals surface area contributed by atoms with Crippen LogP contribution in [0.3, 0.4) is 0 Å². The van der Waals surface area contributed by atoms with E-state index in [0.29, 0.717) is 35.6 Å². The number of carbonyl (C=O) groups is 1. The first-order valence-corrected chi connectivity index (χ1v) is 14.5. The van der Waals surface area contributed by atoms with Crippen molar-refractivity contribution in [3.63, 3.8) is 0 Å². The van der Waals surface area contributed by atoms with E-state index in [1.807, 2.05) is 120 Å². The molecular formula is C36H29ClN4O3. The molecule has 1 heterocycles. The minimum atomic E-state index is -0.289. The molecule has 6 aromatic rings. The summed E-state index contributed by atoms with van der Waals surface area (Å²) in [6.45, 7) is 0.829. The zero-order valence-electron chi connectivity index (χ0n) is 23.8. The van der Waals surface area contributed by atoms with E-state index in [4.69, 9.17) is 26.1 Å². The van der Waals surface area contributed by atoms with Crippen LogP contribution < -0.4 is 14.9 Å². The molecule has 0 spiro atoms. The summed E-state index contributed by atoms with van der Waals surface area (Å²) in [5, 5.41) is 4.86. The molecule has 0 saturated heterocycles. The van der Waals surface area contributed by atoms with Gasteiger partial charge in [0.15, 0.2) is 11.5 Å². The molecule has 44 heavy (non-hydrogen) atoms. The summed E-state index contributed by atoms with van der Waals surface area (Å²) < 4.78 is 14.1. The number of nitrogens with one attached hydrogen (secondary N) is 1. The molecule has 6 rings (SSSR count). The number of carbonyl (C=O) groups excluding carboxylic acids is 1. The maximum absolute atomic E-state index is 13.0. The van der Waals surface area contributed by atoms with Gasteiger partial charge in [0, 0.05) is 10.6 Å². The fourth-order valence-electron chi connectivity index (χ4n) is 4.72. The van der Waals surface area contributed by atoms with Gasteiger partial charge in [-0.1, -0.05) is 84.4 Å². The predicted molar refractivity (Wildman–Crippen MR) is 174 cm³/mol. The Morgan fingerprint density at radius 3 is 2.11 bits per heavy atom. The van der Waals surface area contributed by atoms with Gasteiger partial charge in [-0.3, -0.25) is 4.79 Å². The fraction of sp³-hybridized carbons (Fsp3) is 0.0833. The number of hydrogen-bond acceptors (Lipinski definition) is 5. The molecule has 1 N–H and O–H groups in total. The second-order valence-electron chi connectivity index (χ2n) is 10.1. The number of ether oxygens (including phenoxy) is 2. The number of halogens is 1. The van der Waals surface area contributed by atoms with E-state index in [-0.39, 0.29) is 12.5 Å². The van der Waals surface area contributed by atoms with Gasteiger partial charge >= 0.3 is 0 Å². The lowest BCUT2D eigenvalue weighted by molar-refractivity contribution is -0.121. The SMILES string of the molecule is O=C(Cn1c(-c2ccc(Cl)cc2)nc2ccccc21)N/N=C\c1ccc(OCc2ccccc2)c(OCc2ccccc2)c1. The van der Waals surface area contributed by atoms with Crippen LogP contribution in [0.1, 0.15) is 16.7 Å². The lowest BCUT2D eigenvalue weighted by Gasteiger charge is -2.14. The topological polar surface area (TPSA) is 77.7 Å². The van der Waals surface area contributed by atoms with Crippen LogP contribution in [0.15, 0.2) is 132 Å². The molecule has 5 aromatic carbocycles. The average Bonchev–Trinajstić information content (AvgIpc) is 3.42. The summed E-state index contributed by atoms with van der Waals surface area (Å²) in [6.07, 6.45) is 1.58. The Labute approximate surface area is 260 Å². The molecule has 0 atom stereocenters. The normalized spacial score (nSPS) is 11.1. The number of fused-ring (bicyclic) bond motifs is 1. The zero-order chi connectivity index (χ0) is 30.1. The van der Waals surface area contributed by atoms with Crippen LogP contribution in [0.4, 0.5) is 0 Å². The van der Waals surface area contributed by atoms with Gasteiger partial charge in [-0.2, -0.15) is 5.10 Å². The number of aromatic nitrogens is 2. The van der Waals surface area contributed by atoms with E-state index in [9.17, 15) is 4.79 Å². The Morgan fingerprint density at radius 2 is 1.41 bits per heavy atom. The molecule has 1 amide bonds. The third kappa shape index (κ3) is 7.14. The van der Waals surface area contributed by atoms with E-state index in [2.05, 4.69) is 10.5 Å². The highest BCUT2D eigenvalue weighted by atomic mass is 35.5. The molecule has 0 radical (unpaired) electrons. The van der Waals surface area contributed by atoms with Crippen molar-refractivity contribution in [1.82, 2.24) is 15.0 Å². The second kappa shape index (κ2) is 13.7. The van der Waals surface area contributed by atoms with Crippen LogP contribution in [0.2, 0.25) is 5.02 Å². The molecule has 0 bridgehead atoms. The van der Waals surface area contributed by atoms with Crippen molar-refractivity contribution in [2.75, 3.05) is 0 Å². The van der Waals surface area contributed by atoms with Gasteiger partial charge in [0.1, 0.15) is 25.6 Å². The van der Waals surface area contributed by atoms with Crippen LogP contribution in [0, 0.1) is 0 Å². The molecule has 0 fully saturated rings. The number of para-hydroxylation sites is 2. The van der Waals surface area contributed by atoms with E-state index >= 15 is 0 Å². The van der Waals surface area contributed by atoms with E-state index in [0.717, 1.165) is 33.3 Å². The fourth-order valence-corrected chi connectivity index (χ4v) is 4.85. The quantitative estimate of drug-likeness (QED) is 0.122. The number of benzene rings is 5. The third-order valence-corrected chi connectivity index (χ3v) is 7.16. The second-order valence-corrected chi connectivity index (χ2v) is 10.5. The third-order valence-electron chi connectivity index (χ3n) is 6.90. The molecule has 7 nitrogen and oxygen atoms in total. The zero-order valence-corrected chi connectivity index (χ0v) is 24.5. The Hall–Kier alpha value is -5.40. The summed E-state index contributed by atoms with van der Waals surface area (Å²) in [4.78, 5) is 17.8. The molecule has 1 aromatic heterocycles. The lowest BCUT2D eigenvalue weighted by atomic mass is 10.2. The highest BCUT2D eigenvalue weighted by Crippen LogP contribution is 2.30. The van der Waals surface area contributed by atoms with Crippen molar-refractivity contribution in [2.45, 2.75) is 19.8 Å². The largest absolute Gasteiger partial charge is 0.485 e. The van der Waals surface area contributed by atoms with E-state index in [1.54, 1.807) is 18.3 Å². The monoisotopic (exact) mass is 600 g/mol. The maximum Gasteiger partial charge on any atom is 0.260 e. The van der Waals surface area contributed by atoms with Crippen molar-refractivity contribution in [3.05, 3.63) is 149 Å². The minimum absolute atomic E-state index is 0.0352. The van der Waals surface area contributed by atoms with Gasteiger partial charge in [-0.25, -0.2) is 10.4 Å². The number of hydrogen-bond donors (Lipinski definition) is 1. The standard InChI is InChI=1S/C36H29ClN4O3/c37-30-18-16-29(17-19-30)36-39-31-13-7-8-14-32(31)41(36)23-35(42)40-38-22-28-15-20-33(43-24-26-9-3-1-4-10-26)34(21-28)44-25-27-11-5-2-6-12-27/h1-22H,23-25H2,(H,40,42)/b38-22-. The summed E-state index contributed by atoms with van der Waals surface area (Å²) in [7, 11) is 0. The smallest absolute Gasteiger partial charge is 0.260 e. The maximum atomic E-state index is 13.0. The Kier molecular flexibility index (Phi) is 8.95. The Bertz CT molecular complexity index is 1890. The van der Waals surface area contributed by atoms with Crippen LogP contribution in [-0.2, 0) is 24.6 Å². The first-order chi connectivity index (χ1) is 21.6. The molecule has 8 heteroatoms. The summed E-state index contributed by atoms with van der Waals surface area (Å²) in [6, 6.07) is 40.6. The highest BCUT2D eigenvalue weighted by Gasteiger charge is 2.15. The van der Waals surface area contributed by atoms with E-state index in [1.165, 1.54) is 0 Å². The molecule has 0 aliphatic rings. The van der Waals surface area contributed by atoms with Crippen LogP contribution in [0.25, 0.3) is 22.4 Å². The van der Waals surface area contributed by atoms with Gasteiger partial charge in [0.25, 0.3) is 5.91 Å². The van der Waals surface area contributed by atoms with E-state index < -0.39 is 0 Å². The molecule has 0 aliphatic carbocycles. The summed E-state index contributed by atoms with van der Waals surface area (Å²) in [5.74, 6) is 1.58. The van der Waals surface area contributed by atoms with Gasteiger partial charge in [0.2, 0.25) is 0 Å². The average molecular weight is 601 g/mol. The van der Waals surface area contributed by atoms with Crippen LogP contribution in [0.5, 0.6) is 11.5 Å². The minimum Gasteiger partial charge on any atom is -0.485 e. The highest BCUT2D eigenvalue weighted by molar-refractivity contribution is 6.30.